The molecular weight excluding hydrogens is 346 g/mol. The Labute approximate surface area is 164 Å². The van der Waals surface area contributed by atoms with Gasteiger partial charge in [-0.3, -0.25) is 0 Å². The van der Waals surface area contributed by atoms with E-state index in [9.17, 15) is 5.26 Å². The minimum Gasteiger partial charge on any atom is -0.307 e. The van der Waals surface area contributed by atoms with Crippen molar-refractivity contribution >= 4 is 5.82 Å². The van der Waals surface area contributed by atoms with Gasteiger partial charge in [0.15, 0.2) is 5.82 Å². The van der Waals surface area contributed by atoms with Crippen molar-refractivity contribution in [2.75, 3.05) is 4.90 Å². The molecule has 0 amide bonds. The number of fused-ring (bicyclic) bond motifs is 1. The van der Waals surface area contributed by atoms with E-state index in [1.54, 1.807) is 18.3 Å². The maximum atomic E-state index is 9.31. The van der Waals surface area contributed by atoms with Gasteiger partial charge < -0.3 is 9.80 Å². The summed E-state index contributed by atoms with van der Waals surface area (Å²) in [6.07, 6.45) is 19.1. The molecule has 1 aliphatic carbocycles. The molecule has 3 aliphatic rings. The second-order valence-corrected chi connectivity index (χ2v) is 6.63. The number of nitrogens with zero attached hydrogens (tertiary/aromatic N) is 5. The topological polar surface area (TPSA) is 67.0 Å². The standard InChI is InChI=1S/C23H17N5/c24-15-19-5-1-4-18(14-19)9-10-21-7-2-8-22-17-27(12-13-28(21)22)23-20(16-25)6-3-11-26-23/h1-4,6-8,11-13,17-19H,5,14H2. The van der Waals surface area contributed by atoms with E-state index in [1.165, 1.54) is 0 Å². The maximum absolute atomic E-state index is 9.31. The van der Waals surface area contributed by atoms with Crippen molar-refractivity contribution in [2.24, 2.45) is 11.8 Å². The van der Waals surface area contributed by atoms with Crippen molar-refractivity contribution in [1.82, 2.24) is 9.88 Å². The Morgan fingerprint density at radius 1 is 1.21 bits per heavy atom. The monoisotopic (exact) mass is 363 g/mol. The molecule has 0 N–H and O–H groups in total. The summed E-state index contributed by atoms with van der Waals surface area (Å²) >= 11 is 0. The van der Waals surface area contributed by atoms with Gasteiger partial charge in [-0.1, -0.05) is 24.1 Å². The van der Waals surface area contributed by atoms with E-state index in [1.807, 2.05) is 46.6 Å². The lowest BCUT2D eigenvalue weighted by Crippen LogP contribution is -2.25. The van der Waals surface area contributed by atoms with E-state index in [4.69, 9.17) is 5.26 Å². The molecule has 28 heavy (non-hydrogen) atoms. The van der Waals surface area contributed by atoms with Crippen molar-refractivity contribution in [3.8, 4) is 24.0 Å². The van der Waals surface area contributed by atoms with Crippen molar-refractivity contribution in [3.05, 3.63) is 84.3 Å². The number of aromatic nitrogens is 1. The van der Waals surface area contributed by atoms with Gasteiger partial charge in [0, 0.05) is 30.7 Å². The van der Waals surface area contributed by atoms with Crippen LogP contribution in [0.4, 0.5) is 5.82 Å². The van der Waals surface area contributed by atoms with E-state index >= 15 is 0 Å². The van der Waals surface area contributed by atoms with Gasteiger partial charge in [-0.25, -0.2) is 4.98 Å². The summed E-state index contributed by atoms with van der Waals surface area (Å²) in [4.78, 5) is 8.18. The first-order chi connectivity index (χ1) is 13.8. The summed E-state index contributed by atoms with van der Waals surface area (Å²) in [5, 5.41) is 18.4. The lowest BCUT2D eigenvalue weighted by Gasteiger charge is -2.30. The molecule has 0 bridgehead atoms. The summed E-state index contributed by atoms with van der Waals surface area (Å²) in [5.41, 5.74) is 2.33. The molecule has 3 heterocycles. The molecule has 0 saturated carbocycles. The van der Waals surface area contributed by atoms with Gasteiger partial charge in [0.2, 0.25) is 0 Å². The molecule has 0 fully saturated rings. The van der Waals surface area contributed by atoms with Crippen molar-refractivity contribution in [3.63, 3.8) is 0 Å². The van der Waals surface area contributed by atoms with Crippen LogP contribution >= 0.6 is 0 Å². The molecule has 4 rings (SSSR count). The van der Waals surface area contributed by atoms with Crippen LogP contribution in [0.15, 0.2) is 78.7 Å². The van der Waals surface area contributed by atoms with E-state index in [-0.39, 0.29) is 11.8 Å². The summed E-state index contributed by atoms with van der Waals surface area (Å²) in [6, 6.07) is 8.02. The third-order valence-electron chi connectivity index (χ3n) is 4.75. The number of pyridine rings is 1. The van der Waals surface area contributed by atoms with Gasteiger partial charge in [-0.05, 0) is 43.0 Å². The highest BCUT2D eigenvalue weighted by molar-refractivity contribution is 5.60. The Morgan fingerprint density at radius 2 is 2.14 bits per heavy atom. The minimum absolute atomic E-state index is 0.0520. The highest BCUT2D eigenvalue weighted by Gasteiger charge is 2.20. The molecule has 1 aromatic heterocycles. The Hall–Kier alpha value is -4.01. The highest BCUT2D eigenvalue weighted by Crippen LogP contribution is 2.28. The minimum atomic E-state index is 0.0520. The van der Waals surface area contributed by atoms with Gasteiger partial charge in [0.1, 0.15) is 6.07 Å². The second kappa shape index (κ2) is 7.70. The van der Waals surface area contributed by atoms with Crippen molar-refractivity contribution < 1.29 is 0 Å². The lowest BCUT2D eigenvalue weighted by atomic mass is 9.88. The Morgan fingerprint density at radius 3 is 3.00 bits per heavy atom. The van der Waals surface area contributed by atoms with Crippen LogP contribution in [0, 0.1) is 46.3 Å². The predicted octanol–water partition coefficient (Wildman–Crippen LogP) is 3.95. The third-order valence-corrected chi connectivity index (χ3v) is 4.75. The number of anilines is 1. The number of nitriles is 2. The SMILES string of the molecule is N#Cc1cccnc1N1C=CN2C(C#CC3C=CCC(C#N)C3)=CC=CC2=C1. The average Bonchev–Trinajstić information content (AvgIpc) is 2.77. The van der Waals surface area contributed by atoms with Crippen LogP contribution in [0.25, 0.3) is 0 Å². The molecular formula is C23H17N5. The molecule has 1 aromatic rings. The van der Waals surface area contributed by atoms with Gasteiger partial charge in [-0.2, -0.15) is 10.5 Å². The molecule has 0 aromatic carbocycles. The van der Waals surface area contributed by atoms with Crippen LogP contribution in [-0.2, 0) is 0 Å². The fourth-order valence-corrected chi connectivity index (χ4v) is 3.32. The fraction of sp³-hybridized carbons (Fsp3) is 0.174. The molecule has 2 atom stereocenters. The molecule has 134 valence electrons. The van der Waals surface area contributed by atoms with E-state index in [2.05, 4.69) is 41.1 Å². The van der Waals surface area contributed by atoms with E-state index in [0.29, 0.717) is 11.4 Å². The van der Waals surface area contributed by atoms with Crippen LogP contribution in [-0.4, -0.2) is 9.88 Å². The molecule has 2 aliphatic heterocycles. The first-order valence-electron chi connectivity index (χ1n) is 9.07. The van der Waals surface area contributed by atoms with Crippen LogP contribution < -0.4 is 4.90 Å². The first kappa shape index (κ1) is 17.4. The number of allylic oxidation sites excluding steroid dienone is 6. The maximum Gasteiger partial charge on any atom is 0.154 e. The van der Waals surface area contributed by atoms with Gasteiger partial charge in [-0.15, -0.1) is 0 Å². The summed E-state index contributed by atoms with van der Waals surface area (Å²) < 4.78 is 0. The molecule has 5 heteroatoms. The second-order valence-electron chi connectivity index (χ2n) is 6.63. The van der Waals surface area contributed by atoms with Gasteiger partial charge in [0.25, 0.3) is 0 Å². The lowest BCUT2D eigenvalue weighted by molar-refractivity contribution is 0.538. The Kier molecular flexibility index (Phi) is 4.79. The zero-order valence-corrected chi connectivity index (χ0v) is 15.2. The smallest absolute Gasteiger partial charge is 0.154 e. The van der Waals surface area contributed by atoms with Crippen LogP contribution in [0.3, 0.4) is 0 Å². The quantitative estimate of drug-likeness (QED) is 0.558. The number of rotatable bonds is 1. The predicted molar refractivity (Wildman–Crippen MR) is 106 cm³/mol. The third kappa shape index (κ3) is 3.45. The van der Waals surface area contributed by atoms with Crippen LogP contribution in [0.5, 0.6) is 0 Å². The first-order valence-corrected chi connectivity index (χ1v) is 9.07. The summed E-state index contributed by atoms with van der Waals surface area (Å²) in [7, 11) is 0. The Bertz CT molecular complexity index is 1080. The van der Waals surface area contributed by atoms with Crippen molar-refractivity contribution in [2.45, 2.75) is 12.8 Å². The molecule has 5 nitrogen and oxygen atoms in total. The highest BCUT2D eigenvalue weighted by atomic mass is 15.2. The van der Waals surface area contributed by atoms with E-state index < -0.39 is 0 Å². The molecule has 0 radical (unpaired) electrons. The van der Waals surface area contributed by atoms with Gasteiger partial charge in [0.05, 0.1) is 28.9 Å². The van der Waals surface area contributed by atoms with Gasteiger partial charge >= 0.3 is 0 Å². The summed E-state index contributed by atoms with van der Waals surface area (Å²) in [6.45, 7) is 0. The van der Waals surface area contributed by atoms with E-state index in [0.717, 1.165) is 24.2 Å². The fourth-order valence-electron chi connectivity index (χ4n) is 3.32. The van der Waals surface area contributed by atoms with Crippen LogP contribution in [0.1, 0.15) is 18.4 Å². The average molecular weight is 363 g/mol. The zero-order chi connectivity index (χ0) is 19.3. The zero-order valence-electron chi connectivity index (χ0n) is 15.2. The molecule has 0 spiro atoms. The summed E-state index contributed by atoms with van der Waals surface area (Å²) in [5.74, 6) is 7.30. The van der Waals surface area contributed by atoms with Crippen molar-refractivity contribution in [1.29, 1.82) is 10.5 Å². The number of hydrogen-bond acceptors (Lipinski definition) is 5. The Balaban J connectivity index is 1.55. The number of hydrogen-bond donors (Lipinski definition) is 0. The largest absolute Gasteiger partial charge is 0.307 e. The normalized spacial score (nSPS) is 22.2. The molecule has 0 saturated heterocycles. The van der Waals surface area contributed by atoms with Crippen LogP contribution in [0.2, 0.25) is 0 Å². The molecule has 2 unspecified atom stereocenters.